The molecule has 1 aliphatic heterocycles. The smallest absolute Gasteiger partial charge is 0.106 e. The lowest BCUT2D eigenvalue weighted by Gasteiger charge is -2.38. The van der Waals surface area contributed by atoms with Gasteiger partial charge in [-0.2, -0.15) is 0 Å². The Morgan fingerprint density at radius 3 is 2.00 bits per heavy atom. The van der Waals surface area contributed by atoms with E-state index >= 15 is 0 Å². The molecule has 1 fully saturated rings. The second-order valence-corrected chi connectivity index (χ2v) is 3.39. The average Bonchev–Trinajstić information content (AvgIpc) is 1.97. The van der Waals surface area contributed by atoms with E-state index < -0.39 is 12.2 Å². The molecule has 0 spiro atoms. The van der Waals surface area contributed by atoms with Crippen molar-refractivity contribution in [3.63, 3.8) is 0 Å². The molecular formula is C8H16O3. The normalized spacial score (nSPS) is 52.6. The molecule has 0 bridgehead atoms. The Morgan fingerprint density at radius 2 is 1.45 bits per heavy atom. The van der Waals surface area contributed by atoms with Gasteiger partial charge in [0.05, 0.1) is 18.3 Å². The monoisotopic (exact) mass is 160 g/mol. The van der Waals surface area contributed by atoms with Gasteiger partial charge in [0.2, 0.25) is 0 Å². The number of hydrogen-bond donors (Lipinski definition) is 2. The quantitative estimate of drug-likeness (QED) is 0.530. The molecule has 1 aliphatic rings. The Morgan fingerprint density at radius 1 is 0.909 bits per heavy atom. The first-order valence-corrected chi connectivity index (χ1v) is 4.05. The zero-order valence-corrected chi connectivity index (χ0v) is 7.19. The molecule has 0 aromatic heterocycles. The van der Waals surface area contributed by atoms with Crippen LogP contribution in [0.5, 0.6) is 0 Å². The van der Waals surface area contributed by atoms with Gasteiger partial charge in [-0.25, -0.2) is 0 Å². The highest BCUT2D eigenvalue weighted by molar-refractivity contribution is 4.86. The summed E-state index contributed by atoms with van der Waals surface area (Å²) in [6, 6.07) is 0. The molecule has 11 heavy (non-hydrogen) atoms. The molecule has 0 aromatic rings. The van der Waals surface area contributed by atoms with Crippen LogP contribution in [0.2, 0.25) is 0 Å². The van der Waals surface area contributed by atoms with Gasteiger partial charge < -0.3 is 14.9 Å². The van der Waals surface area contributed by atoms with Crippen LogP contribution < -0.4 is 0 Å². The van der Waals surface area contributed by atoms with Crippen molar-refractivity contribution in [3.05, 3.63) is 0 Å². The van der Waals surface area contributed by atoms with E-state index in [-0.39, 0.29) is 18.1 Å². The fourth-order valence-corrected chi connectivity index (χ4v) is 1.41. The molecule has 0 aromatic carbocycles. The van der Waals surface area contributed by atoms with E-state index in [1.54, 1.807) is 6.92 Å². The van der Waals surface area contributed by atoms with Crippen molar-refractivity contribution in [2.24, 2.45) is 5.92 Å². The van der Waals surface area contributed by atoms with Crippen LogP contribution in [0.15, 0.2) is 0 Å². The zero-order valence-electron chi connectivity index (χ0n) is 7.19. The molecule has 5 atom stereocenters. The molecule has 0 aliphatic carbocycles. The topological polar surface area (TPSA) is 49.7 Å². The van der Waals surface area contributed by atoms with Crippen molar-refractivity contribution >= 4 is 0 Å². The minimum Gasteiger partial charge on any atom is -0.390 e. The maximum absolute atomic E-state index is 9.46. The molecule has 3 heteroatoms. The lowest BCUT2D eigenvalue weighted by atomic mass is 9.89. The van der Waals surface area contributed by atoms with Gasteiger partial charge in [-0.05, 0) is 13.8 Å². The predicted molar refractivity (Wildman–Crippen MR) is 41.2 cm³/mol. The van der Waals surface area contributed by atoms with Crippen molar-refractivity contribution in [2.45, 2.75) is 45.2 Å². The molecule has 1 heterocycles. The lowest BCUT2D eigenvalue weighted by Crippen LogP contribution is -2.51. The molecule has 5 unspecified atom stereocenters. The minimum atomic E-state index is -0.735. The van der Waals surface area contributed by atoms with Crippen LogP contribution in [0.25, 0.3) is 0 Å². The first kappa shape index (κ1) is 8.97. The van der Waals surface area contributed by atoms with E-state index in [2.05, 4.69) is 0 Å². The SMILES string of the molecule is CC1OC(C)C(O)C(O)C1C. The summed E-state index contributed by atoms with van der Waals surface area (Å²) in [4.78, 5) is 0. The zero-order chi connectivity index (χ0) is 8.59. The Hall–Kier alpha value is -0.120. The summed E-state index contributed by atoms with van der Waals surface area (Å²) in [6.07, 6.45) is -1.60. The maximum Gasteiger partial charge on any atom is 0.106 e. The highest BCUT2D eigenvalue weighted by Crippen LogP contribution is 2.24. The summed E-state index contributed by atoms with van der Waals surface area (Å²) in [6.45, 7) is 5.57. The summed E-state index contributed by atoms with van der Waals surface area (Å²) >= 11 is 0. The third kappa shape index (κ3) is 1.55. The number of ether oxygens (including phenoxy) is 1. The largest absolute Gasteiger partial charge is 0.390 e. The Balaban J connectivity index is 2.63. The van der Waals surface area contributed by atoms with Crippen molar-refractivity contribution in [1.29, 1.82) is 0 Å². The van der Waals surface area contributed by atoms with Crippen molar-refractivity contribution in [3.8, 4) is 0 Å². The number of hydrogen-bond acceptors (Lipinski definition) is 3. The molecule has 0 saturated carbocycles. The number of aliphatic hydroxyl groups excluding tert-OH is 2. The van der Waals surface area contributed by atoms with Gasteiger partial charge in [-0.1, -0.05) is 6.92 Å². The molecule has 66 valence electrons. The highest BCUT2D eigenvalue weighted by Gasteiger charge is 2.37. The van der Waals surface area contributed by atoms with Gasteiger partial charge in [-0.15, -0.1) is 0 Å². The van der Waals surface area contributed by atoms with E-state index in [9.17, 15) is 10.2 Å². The molecule has 3 nitrogen and oxygen atoms in total. The van der Waals surface area contributed by atoms with Gasteiger partial charge >= 0.3 is 0 Å². The van der Waals surface area contributed by atoms with Gasteiger partial charge in [-0.3, -0.25) is 0 Å². The maximum atomic E-state index is 9.46. The van der Waals surface area contributed by atoms with Crippen LogP contribution >= 0.6 is 0 Å². The van der Waals surface area contributed by atoms with Gasteiger partial charge in [0, 0.05) is 5.92 Å². The van der Waals surface area contributed by atoms with E-state index in [0.29, 0.717) is 0 Å². The van der Waals surface area contributed by atoms with Crippen LogP contribution in [-0.2, 0) is 4.74 Å². The number of rotatable bonds is 0. The fourth-order valence-electron chi connectivity index (χ4n) is 1.41. The number of aliphatic hydroxyl groups is 2. The molecule has 2 N–H and O–H groups in total. The third-order valence-corrected chi connectivity index (χ3v) is 2.54. The van der Waals surface area contributed by atoms with E-state index in [1.165, 1.54) is 0 Å². The first-order chi connectivity index (χ1) is 5.04. The summed E-state index contributed by atoms with van der Waals surface area (Å²) in [5.74, 6) is 0.0150. The summed E-state index contributed by atoms with van der Waals surface area (Å²) in [5, 5.41) is 18.8. The summed E-state index contributed by atoms with van der Waals surface area (Å²) < 4.78 is 5.37. The Bertz CT molecular complexity index is 123. The molecule has 0 radical (unpaired) electrons. The van der Waals surface area contributed by atoms with Gasteiger partial charge in [0.15, 0.2) is 0 Å². The fraction of sp³-hybridized carbons (Fsp3) is 1.00. The first-order valence-electron chi connectivity index (χ1n) is 4.05. The third-order valence-electron chi connectivity index (χ3n) is 2.54. The molecule has 1 rings (SSSR count). The van der Waals surface area contributed by atoms with Gasteiger partial charge in [0.1, 0.15) is 6.10 Å². The van der Waals surface area contributed by atoms with Crippen molar-refractivity contribution in [1.82, 2.24) is 0 Å². The molecule has 1 saturated heterocycles. The van der Waals surface area contributed by atoms with Crippen LogP contribution in [0.4, 0.5) is 0 Å². The second-order valence-electron chi connectivity index (χ2n) is 3.39. The standard InChI is InChI=1S/C8H16O3/c1-4-5(2)11-6(3)8(10)7(4)9/h4-10H,1-3H3. The van der Waals surface area contributed by atoms with E-state index in [0.717, 1.165) is 0 Å². The van der Waals surface area contributed by atoms with E-state index in [4.69, 9.17) is 4.74 Å². The van der Waals surface area contributed by atoms with Crippen LogP contribution in [0.3, 0.4) is 0 Å². The van der Waals surface area contributed by atoms with Crippen molar-refractivity contribution in [2.75, 3.05) is 0 Å². The Labute approximate surface area is 67.0 Å². The van der Waals surface area contributed by atoms with Crippen LogP contribution in [0, 0.1) is 5.92 Å². The predicted octanol–water partition coefficient (Wildman–Crippen LogP) is 0.151. The van der Waals surface area contributed by atoms with Crippen molar-refractivity contribution < 1.29 is 14.9 Å². The molecule has 0 amide bonds. The van der Waals surface area contributed by atoms with Crippen LogP contribution in [0.1, 0.15) is 20.8 Å². The van der Waals surface area contributed by atoms with Crippen LogP contribution in [-0.4, -0.2) is 34.6 Å². The molecular weight excluding hydrogens is 144 g/mol. The summed E-state index contributed by atoms with van der Waals surface area (Å²) in [5.41, 5.74) is 0. The Kier molecular flexibility index (Phi) is 2.52. The summed E-state index contributed by atoms with van der Waals surface area (Å²) in [7, 11) is 0. The highest BCUT2D eigenvalue weighted by atomic mass is 16.5. The second kappa shape index (κ2) is 3.09. The lowest BCUT2D eigenvalue weighted by molar-refractivity contribution is -0.184. The van der Waals surface area contributed by atoms with E-state index in [1.807, 2.05) is 13.8 Å². The average molecular weight is 160 g/mol. The minimum absolute atomic E-state index is 0.0150. The van der Waals surface area contributed by atoms with Gasteiger partial charge in [0.25, 0.3) is 0 Å².